The summed E-state index contributed by atoms with van der Waals surface area (Å²) in [6.07, 6.45) is -3.14. The summed E-state index contributed by atoms with van der Waals surface area (Å²) in [5, 5.41) is 4.08. The Morgan fingerprint density at radius 1 is 1.46 bits per heavy atom. The molecule has 0 radical (unpaired) electrons. The molecule has 0 aliphatic rings. The highest BCUT2D eigenvalue weighted by atomic mass is 32.1. The van der Waals surface area contributed by atoms with E-state index in [9.17, 15) is 18.0 Å². The molecule has 1 aromatic carbocycles. The molecule has 1 heterocycles. The van der Waals surface area contributed by atoms with Gasteiger partial charge in [-0.2, -0.15) is 18.3 Å². The van der Waals surface area contributed by atoms with Crippen molar-refractivity contribution in [3.8, 4) is 0 Å². The second-order valence-corrected chi connectivity index (χ2v) is 5.50. The first-order valence-electron chi connectivity index (χ1n) is 6.71. The molecule has 0 aliphatic heterocycles. The molecule has 1 aromatic heterocycles. The zero-order chi connectivity index (χ0) is 17.7. The molecule has 0 fully saturated rings. The number of nitrogens with zero attached hydrogens (tertiary/aromatic N) is 2. The first kappa shape index (κ1) is 17.7. The Bertz CT molecular complexity index is 758. The molecule has 3 N–H and O–H groups in total. The lowest BCUT2D eigenvalue weighted by atomic mass is 10.2. The van der Waals surface area contributed by atoms with Gasteiger partial charge < -0.3 is 10.5 Å². The fraction of sp³-hybridized carbons (Fsp3) is 0.214. The molecule has 2 rings (SSSR count). The van der Waals surface area contributed by atoms with Crippen LogP contribution in [0.3, 0.4) is 0 Å². The van der Waals surface area contributed by atoms with Gasteiger partial charge >= 0.3 is 12.1 Å². The van der Waals surface area contributed by atoms with Crippen molar-refractivity contribution in [1.82, 2.24) is 4.98 Å². The van der Waals surface area contributed by atoms with Gasteiger partial charge in [-0.05, 0) is 25.1 Å². The Morgan fingerprint density at radius 2 is 2.21 bits per heavy atom. The number of nitrogen functional groups attached to an aromatic ring is 1. The SMILES string of the molecule is CCOC(=O)/C(=N/Nc1cccc(C(F)(F)F)c1)c1cnc(N)s1. The van der Waals surface area contributed by atoms with E-state index in [2.05, 4.69) is 15.5 Å². The highest BCUT2D eigenvalue weighted by molar-refractivity contribution is 7.18. The topological polar surface area (TPSA) is 89.6 Å². The molecule has 0 bridgehead atoms. The third-order valence-corrected chi connectivity index (χ3v) is 3.55. The summed E-state index contributed by atoms with van der Waals surface area (Å²) in [5.41, 5.74) is 7.07. The van der Waals surface area contributed by atoms with Crippen LogP contribution in [0, 0.1) is 0 Å². The van der Waals surface area contributed by atoms with E-state index in [4.69, 9.17) is 10.5 Å². The van der Waals surface area contributed by atoms with Crippen LogP contribution in [0.1, 0.15) is 17.4 Å². The van der Waals surface area contributed by atoms with Gasteiger partial charge in [-0.1, -0.05) is 17.4 Å². The van der Waals surface area contributed by atoms with E-state index in [1.165, 1.54) is 18.3 Å². The Hall–Kier alpha value is -2.62. The Kier molecular flexibility index (Phi) is 5.39. The van der Waals surface area contributed by atoms with Gasteiger partial charge in [0.25, 0.3) is 0 Å². The molecule has 0 amide bonds. The lowest BCUT2D eigenvalue weighted by molar-refractivity contribution is -0.137. The van der Waals surface area contributed by atoms with Crippen LogP contribution in [0.25, 0.3) is 0 Å². The zero-order valence-electron chi connectivity index (χ0n) is 12.4. The molecule has 2 aromatic rings. The summed E-state index contributed by atoms with van der Waals surface area (Å²) in [7, 11) is 0. The lowest BCUT2D eigenvalue weighted by Crippen LogP contribution is -2.19. The predicted molar refractivity (Wildman–Crippen MR) is 84.8 cm³/mol. The number of halogens is 3. The van der Waals surface area contributed by atoms with E-state index < -0.39 is 17.7 Å². The minimum absolute atomic E-state index is 0.0733. The second-order valence-electron chi connectivity index (χ2n) is 4.43. The summed E-state index contributed by atoms with van der Waals surface area (Å²) in [5.74, 6) is -0.736. The standard InChI is InChI=1S/C14H13F3N4O2S/c1-2-23-12(22)11(10-7-19-13(18)24-10)21-20-9-5-3-4-8(6-9)14(15,16)17/h3-7,20H,2H2,1H3,(H2,18,19)/b21-11+. The number of hydrogen-bond donors (Lipinski definition) is 2. The van der Waals surface area contributed by atoms with Crippen LogP contribution in [0.4, 0.5) is 24.0 Å². The number of carbonyl (C=O) groups excluding carboxylic acids is 1. The first-order chi connectivity index (χ1) is 11.3. The largest absolute Gasteiger partial charge is 0.461 e. The molecule has 6 nitrogen and oxygen atoms in total. The maximum absolute atomic E-state index is 12.7. The number of benzene rings is 1. The van der Waals surface area contributed by atoms with Gasteiger partial charge in [0, 0.05) is 6.20 Å². The molecule has 0 aliphatic carbocycles. The van der Waals surface area contributed by atoms with E-state index in [1.807, 2.05) is 0 Å². The van der Waals surface area contributed by atoms with Gasteiger partial charge in [0.2, 0.25) is 0 Å². The van der Waals surface area contributed by atoms with Crippen molar-refractivity contribution in [2.45, 2.75) is 13.1 Å². The predicted octanol–water partition coefficient (Wildman–Crippen LogP) is 3.12. The number of carbonyl (C=O) groups is 1. The van der Waals surface area contributed by atoms with Crippen molar-refractivity contribution in [3.63, 3.8) is 0 Å². The van der Waals surface area contributed by atoms with Crippen LogP contribution in [0.2, 0.25) is 0 Å². The number of esters is 1. The van der Waals surface area contributed by atoms with Gasteiger partial charge in [-0.3, -0.25) is 5.43 Å². The smallest absolute Gasteiger partial charge is 0.416 e. The molecule has 24 heavy (non-hydrogen) atoms. The Morgan fingerprint density at radius 3 is 2.79 bits per heavy atom. The quantitative estimate of drug-likeness (QED) is 0.487. The fourth-order valence-corrected chi connectivity index (χ4v) is 2.35. The molecule has 0 saturated carbocycles. The third-order valence-electron chi connectivity index (χ3n) is 2.71. The fourth-order valence-electron chi connectivity index (χ4n) is 1.68. The van der Waals surface area contributed by atoms with Crippen molar-refractivity contribution in [2.75, 3.05) is 17.8 Å². The molecule has 0 saturated heterocycles. The van der Waals surface area contributed by atoms with Crippen molar-refractivity contribution in [3.05, 3.63) is 40.9 Å². The molecule has 128 valence electrons. The maximum atomic E-state index is 12.7. The van der Waals surface area contributed by atoms with Gasteiger partial charge in [-0.25, -0.2) is 9.78 Å². The van der Waals surface area contributed by atoms with E-state index in [1.54, 1.807) is 6.92 Å². The monoisotopic (exact) mass is 358 g/mol. The molecule has 0 spiro atoms. The van der Waals surface area contributed by atoms with Crippen LogP contribution in [0.5, 0.6) is 0 Å². The number of nitrogens with one attached hydrogen (secondary N) is 1. The number of aromatic nitrogens is 1. The van der Waals surface area contributed by atoms with Crippen LogP contribution < -0.4 is 11.2 Å². The van der Waals surface area contributed by atoms with Crippen molar-refractivity contribution >= 4 is 33.8 Å². The van der Waals surface area contributed by atoms with Gasteiger partial charge in [0.05, 0.1) is 22.7 Å². The van der Waals surface area contributed by atoms with Crippen molar-refractivity contribution in [1.29, 1.82) is 0 Å². The highest BCUT2D eigenvalue weighted by Crippen LogP contribution is 2.30. The molecule has 10 heteroatoms. The van der Waals surface area contributed by atoms with Gasteiger partial charge in [0.15, 0.2) is 10.8 Å². The number of thiazole rings is 1. The summed E-state index contributed by atoms with van der Waals surface area (Å²) in [6.45, 7) is 1.74. The van der Waals surface area contributed by atoms with E-state index in [-0.39, 0.29) is 23.1 Å². The molecular formula is C14H13F3N4O2S. The minimum atomic E-state index is -4.47. The van der Waals surface area contributed by atoms with Gasteiger partial charge in [0.1, 0.15) is 0 Å². The normalized spacial score (nSPS) is 12.1. The number of hydrazone groups is 1. The number of hydrogen-bond acceptors (Lipinski definition) is 7. The number of alkyl halides is 3. The summed E-state index contributed by atoms with van der Waals surface area (Å²) < 4.78 is 43.0. The van der Waals surface area contributed by atoms with Gasteiger partial charge in [-0.15, -0.1) is 0 Å². The number of nitrogens with two attached hydrogens (primary N) is 1. The summed E-state index contributed by atoms with van der Waals surface area (Å²) in [4.78, 5) is 16.1. The molecule has 0 atom stereocenters. The molecular weight excluding hydrogens is 345 g/mol. The van der Waals surface area contributed by atoms with Crippen LogP contribution in [-0.2, 0) is 15.7 Å². The second kappa shape index (κ2) is 7.30. The summed E-state index contributed by atoms with van der Waals surface area (Å²) in [6, 6.07) is 4.44. The summed E-state index contributed by atoms with van der Waals surface area (Å²) >= 11 is 1.01. The van der Waals surface area contributed by atoms with Crippen LogP contribution in [-0.4, -0.2) is 23.3 Å². The van der Waals surface area contributed by atoms with E-state index in [0.717, 1.165) is 23.5 Å². The third kappa shape index (κ3) is 4.44. The maximum Gasteiger partial charge on any atom is 0.416 e. The van der Waals surface area contributed by atoms with Crippen molar-refractivity contribution in [2.24, 2.45) is 5.10 Å². The Labute approximate surface area is 139 Å². The van der Waals surface area contributed by atoms with Crippen molar-refractivity contribution < 1.29 is 22.7 Å². The average molecular weight is 358 g/mol. The zero-order valence-corrected chi connectivity index (χ0v) is 13.2. The lowest BCUT2D eigenvalue weighted by Gasteiger charge is -2.09. The number of rotatable bonds is 5. The highest BCUT2D eigenvalue weighted by Gasteiger charge is 2.30. The van der Waals surface area contributed by atoms with E-state index in [0.29, 0.717) is 4.88 Å². The number of ether oxygens (including phenoxy) is 1. The average Bonchev–Trinajstić information content (AvgIpc) is 2.93. The van der Waals surface area contributed by atoms with E-state index >= 15 is 0 Å². The minimum Gasteiger partial charge on any atom is -0.461 e. The molecule has 0 unspecified atom stereocenters. The van der Waals surface area contributed by atoms with Crippen LogP contribution >= 0.6 is 11.3 Å². The Balaban J connectivity index is 2.29. The first-order valence-corrected chi connectivity index (χ1v) is 7.52. The van der Waals surface area contributed by atoms with Crippen LogP contribution in [0.15, 0.2) is 35.6 Å². The number of anilines is 2.